The van der Waals surface area contributed by atoms with Crippen LogP contribution in [0.2, 0.25) is 0 Å². The Kier molecular flexibility index (Phi) is 3.24. The van der Waals surface area contributed by atoms with E-state index in [4.69, 9.17) is 14.0 Å². The monoisotopic (exact) mass is 223 g/mol. The van der Waals surface area contributed by atoms with Crippen molar-refractivity contribution in [1.29, 1.82) is 0 Å². The van der Waals surface area contributed by atoms with Gasteiger partial charge in [-0.1, -0.05) is 5.16 Å². The minimum Gasteiger partial charge on any atom is -0.472 e. The predicted molar refractivity (Wildman–Crippen MR) is 56.0 cm³/mol. The van der Waals surface area contributed by atoms with Crippen LogP contribution >= 0.6 is 0 Å². The third-order valence-corrected chi connectivity index (χ3v) is 2.29. The van der Waals surface area contributed by atoms with Gasteiger partial charge in [0.15, 0.2) is 5.71 Å². The van der Waals surface area contributed by atoms with E-state index in [2.05, 4.69) is 5.16 Å². The number of esters is 1. The van der Waals surface area contributed by atoms with Gasteiger partial charge in [-0.2, -0.15) is 0 Å². The summed E-state index contributed by atoms with van der Waals surface area (Å²) in [5, 5.41) is 3.73. The lowest BCUT2D eigenvalue weighted by atomic mass is 10.1. The summed E-state index contributed by atoms with van der Waals surface area (Å²) in [5.74, 6) is -0.391. The van der Waals surface area contributed by atoms with Crippen molar-refractivity contribution in [2.24, 2.45) is 5.16 Å². The van der Waals surface area contributed by atoms with Crippen LogP contribution in [0.15, 0.2) is 28.2 Å². The standard InChI is InChI=1S/C11H13NO4/c1-2-15-11(13)10-6-9(16-12-10)5-8-3-4-14-7-8/h3-4,7,9H,2,5-6H2,1H3. The average Bonchev–Trinajstić information content (AvgIpc) is 2.90. The van der Waals surface area contributed by atoms with Gasteiger partial charge in [-0.25, -0.2) is 4.79 Å². The molecule has 1 aromatic heterocycles. The first kappa shape index (κ1) is 10.7. The van der Waals surface area contributed by atoms with Crippen LogP contribution in [0.25, 0.3) is 0 Å². The van der Waals surface area contributed by atoms with Crippen LogP contribution in [0, 0.1) is 0 Å². The van der Waals surface area contributed by atoms with Crippen LogP contribution in [-0.4, -0.2) is 24.4 Å². The molecule has 0 fully saturated rings. The van der Waals surface area contributed by atoms with Crippen molar-refractivity contribution in [2.75, 3.05) is 6.61 Å². The Labute approximate surface area is 93.0 Å². The van der Waals surface area contributed by atoms with Gasteiger partial charge < -0.3 is 14.0 Å². The van der Waals surface area contributed by atoms with Gasteiger partial charge in [-0.3, -0.25) is 0 Å². The van der Waals surface area contributed by atoms with Gasteiger partial charge in [0.05, 0.1) is 19.1 Å². The molecule has 0 amide bonds. The lowest BCUT2D eigenvalue weighted by Crippen LogP contribution is -2.19. The number of oxime groups is 1. The number of ether oxygens (including phenoxy) is 1. The molecule has 1 aliphatic heterocycles. The van der Waals surface area contributed by atoms with E-state index in [1.807, 2.05) is 6.07 Å². The van der Waals surface area contributed by atoms with Gasteiger partial charge in [-0.15, -0.1) is 0 Å². The van der Waals surface area contributed by atoms with Gasteiger partial charge in [0, 0.05) is 12.8 Å². The van der Waals surface area contributed by atoms with Crippen LogP contribution in [0.3, 0.4) is 0 Å². The Bertz CT molecular complexity index is 383. The molecule has 0 radical (unpaired) electrons. The van der Waals surface area contributed by atoms with Crippen molar-refractivity contribution in [3.05, 3.63) is 24.2 Å². The number of rotatable bonds is 4. The van der Waals surface area contributed by atoms with E-state index in [0.29, 0.717) is 25.2 Å². The molecule has 1 aliphatic rings. The fourth-order valence-electron chi connectivity index (χ4n) is 1.54. The molecule has 1 aromatic rings. The Balaban J connectivity index is 1.84. The molecule has 0 aliphatic carbocycles. The molecule has 0 bridgehead atoms. The number of nitrogens with zero attached hydrogens (tertiary/aromatic N) is 1. The zero-order chi connectivity index (χ0) is 11.4. The number of carbonyl (C=O) groups is 1. The van der Waals surface area contributed by atoms with Crippen LogP contribution < -0.4 is 0 Å². The molecule has 1 unspecified atom stereocenters. The van der Waals surface area contributed by atoms with Crippen LogP contribution in [0.1, 0.15) is 18.9 Å². The Morgan fingerprint density at radius 2 is 2.56 bits per heavy atom. The summed E-state index contributed by atoms with van der Waals surface area (Å²) < 4.78 is 9.79. The third kappa shape index (κ3) is 2.42. The van der Waals surface area contributed by atoms with Gasteiger partial charge in [0.25, 0.3) is 0 Å². The van der Waals surface area contributed by atoms with Gasteiger partial charge >= 0.3 is 5.97 Å². The van der Waals surface area contributed by atoms with E-state index in [1.165, 1.54) is 0 Å². The highest BCUT2D eigenvalue weighted by Gasteiger charge is 2.27. The van der Waals surface area contributed by atoms with Crippen LogP contribution in [-0.2, 0) is 20.8 Å². The highest BCUT2D eigenvalue weighted by Crippen LogP contribution is 2.16. The molecule has 0 aromatic carbocycles. The Morgan fingerprint density at radius 3 is 3.25 bits per heavy atom. The molecule has 0 saturated carbocycles. The average molecular weight is 223 g/mol. The highest BCUT2D eigenvalue weighted by molar-refractivity contribution is 6.36. The summed E-state index contributed by atoms with van der Waals surface area (Å²) in [6.07, 6.45) is 4.34. The molecule has 5 heteroatoms. The molecule has 5 nitrogen and oxygen atoms in total. The maximum atomic E-state index is 11.3. The zero-order valence-electron chi connectivity index (χ0n) is 9.01. The van der Waals surface area contributed by atoms with Crippen molar-refractivity contribution in [3.63, 3.8) is 0 Å². The van der Waals surface area contributed by atoms with Crippen molar-refractivity contribution in [3.8, 4) is 0 Å². The fraction of sp³-hybridized carbons (Fsp3) is 0.455. The lowest BCUT2D eigenvalue weighted by molar-refractivity contribution is -0.135. The van der Waals surface area contributed by atoms with E-state index in [0.717, 1.165) is 5.56 Å². The lowest BCUT2D eigenvalue weighted by Gasteiger charge is -2.04. The van der Waals surface area contributed by atoms with Crippen molar-refractivity contribution >= 4 is 11.7 Å². The molecular weight excluding hydrogens is 210 g/mol. The molecule has 86 valence electrons. The zero-order valence-corrected chi connectivity index (χ0v) is 9.01. The summed E-state index contributed by atoms with van der Waals surface area (Å²) in [6, 6.07) is 1.87. The highest BCUT2D eigenvalue weighted by atomic mass is 16.6. The van der Waals surface area contributed by atoms with Gasteiger partial charge in [-0.05, 0) is 18.6 Å². The molecule has 0 spiro atoms. The van der Waals surface area contributed by atoms with Crippen molar-refractivity contribution < 1.29 is 18.8 Å². The van der Waals surface area contributed by atoms with Crippen molar-refractivity contribution in [1.82, 2.24) is 0 Å². The first-order valence-corrected chi connectivity index (χ1v) is 5.20. The van der Waals surface area contributed by atoms with Crippen LogP contribution in [0.4, 0.5) is 0 Å². The number of hydrogen-bond acceptors (Lipinski definition) is 5. The minimum atomic E-state index is -0.391. The number of carbonyl (C=O) groups excluding carboxylic acids is 1. The Hall–Kier alpha value is -1.78. The molecule has 0 N–H and O–H groups in total. The number of furan rings is 1. The molecule has 2 heterocycles. The molecule has 1 atom stereocenters. The third-order valence-electron chi connectivity index (χ3n) is 2.29. The normalized spacial score (nSPS) is 19.1. The maximum Gasteiger partial charge on any atom is 0.356 e. The number of hydrogen-bond donors (Lipinski definition) is 0. The second-order valence-electron chi connectivity index (χ2n) is 3.53. The first-order valence-electron chi connectivity index (χ1n) is 5.20. The van der Waals surface area contributed by atoms with E-state index in [-0.39, 0.29) is 6.10 Å². The van der Waals surface area contributed by atoms with E-state index < -0.39 is 5.97 Å². The van der Waals surface area contributed by atoms with Crippen molar-refractivity contribution in [2.45, 2.75) is 25.9 Å². The topological polar surface area (TPSA) is 61.0 Å². The van der Waals surface area contributed by atoms with E-state index in [1.54, 1.807) is 19.5 Å². The first-order chi connectivity index (χ1) is 7.79. The summed E-state index contributed by atoms with van der Waals surface area (Å²) in [4.78, 5) is 16.5. The second kappa shape index (κ2) is 4.83. The van der Waals surface area contributed by atoms with E-state index in [9.17, 15) is 4.79 Å². The molecule has 16 heavy (non-hydrogen) atoms. The predicted octanol–water partition coefficient (Wildman–Crippen LogP) is 1.53. The Morgan fingerprint density at radius 1 is 1.69 bits per heavy atom. The molecular formula is C11H13NO4. The maximum absolute atomic E-state index is 11.3. The SMILES string of the molecule is CCOC(=O)C1=NOC(Cc2ccoc2)C1. The smallest absolute Gasteiger partial charge is 0.356 e. The summed E-state index contributed by atoms with van der Waals surface area (Å²) in [7, 11) is 0. The fourth-order valence-corrected chi connectivity index (χ4v) is 1.54. The molecule has 0 saturated heterocycles. The minimum absolute atomic E-state index is 0.1000. The molecule has 2 rings (SSSR count). The summed E-state index contributed by atoms with van der Waals surface area (Å²) >= 11 is 0. The quantitative estimate of drug-likeness (QED) is 0.726. The van der Waals surface area contributed by atoms with Gasteiger partial charge in [0.2, 0.25) is 0 Å². The summed E-state index contributed by atoms with van der Waals surface area (Å²) in [5.41, 5.74) is 1.39. The van der Waals surface area contributed by atoms with Crippen LogP contribution in [0.5, 0.6) is 0 Å². The summed E-state index contributed by atoms with van der Waals surface area (Å²) in [6.45, 7) is 2.11. The van der Waals surface area contributed by atoms with E-state index >= 15 is 0 Å². The largest absolute Gasteiger partial charge is 0.472 e. The van der Waals surface area contributed by atoms with Gasteiger partial charge in [0.1, 0.15) is 6.10 Å². The second-order valence-corrected chi connectivity index (χ2v) is 3.53.